The Bertz CT molecular complexity index is 280. The topological polar surface area (TPSA) is 47.8 Å². The Kier molecular flexibility index (Phi) is 2.11. The maximum absolute atomic E-state index is 11.7. The van der Waals surface area contributed by atoms with Crippen molar-refractivity contribution in [3.63, 3.8) is 0 Å². The number of aldehydes is 1. The van der Waals surface area contributed by atoms with Crippen LogP contribution in [0.4, 0.5) is 13.2 Å². The van der Waals surface area contributed by atoms with Gasteiger partial charge >= 0.3 is 6.18 Å². The summed E-state index contributed by atoms with van der Waals surface area (Å²) in [6.07, 6.45) is -3.14. The average Bonchev–Trinajstić information content (AvgIpc) is 2.31. The van der Waals surface area contributed by atoms with Gasteiger partial charge in [-0.25, -0.2) is 4.68 Å². The molecule has 0 atom stereocenters. The number of aromatic nitrogens is 3. The van der Waals surface area contributed by atoms with Crippen LogP contribution in [-0.2, 0) is 6.54 Å². The minimum atomic E-state index is -4.38. The van der Waals surface area contributed by atoms with Crippen LogP contribution >= 0.6 is 0 Å². The first kappa shape index (κ1) is 8.69. The first-order valence-electron chi connectivity index (χ1n) is 2.93. The molecule has 0 saturated carbocycles. The van der Waals surface area contributed by atoms with Crippen LogP contribution in [0.25, 0.3) is 0 Å². The van der Waals surface area contributed by atoms with Gasteiger partial charge in [-0.2, -0.15) is 13.2 Å². The van der Waals surface area contributed by atoms with Crippen LogP contribution in [0, 0.1) is 0 Å². The van der Waals surface area contributed by atoms with Gasteiger partial charge in [-0.05, 0) is 0 Å². The molecule has 1 aromatic rings. The lowest BCUT2D eigenvalue weighted by Crippen LogP contribution is -2.20. The van der Waals surface area contributed by atoms with Crippen molar-refractivity contribution in [3.8, 4) is 0 Å². The van der Waals surface area contributed by atoms with Crippen LogP contribution in [0.5, 0.6) is 0 Å². The summed E-state index contributed by atoms with van der Waals surface area (Å²) in [7, 11) is 0. The summed E-state index contributed by atoms with van der Waals surface area (Å²) in [6, 6.07) is 0. The molecule has 0 aromatic carbocycles. The fraction of sp³-hybridized carbons (Fsp3) is 0.400. The lowest BCUT2D eigenvalue weighted by Gasteiger charge is -2.05. The molecule has 0 bridgehead atoms. The Morgan fingerprint density at radius 1 is 1.58 bits per heavy atom. The second-order valence-corrected chi connectivity index (χ2v) is 2.05. The first-order chi connectivity index (χ1) is 5.53. The van der Waals surface area contributed by atoms with Gasteiger partial charge in [-0.3, -0.25) is 4.79 Å². The number of hydrogen-bond acceptors (Lipinski definition) is 3. The van der Waals surface area contributed by atoms with Crippen LogP contribution in [0.15, 0.2) is 6.20 Å². The van der Waals surface area contributed by atoms with E-state index in [2.05, 4.69) is 10.3 Å². The van der Waals surface area contributed by atoms with E-state index in [1.54, 1.807) is 0 Å². The first-order valence-corrected chi connectivity index (χ1v) is 2.93. The predicted octanol–water partition coefficient (Wildman–Crippen LogP) is 0.653. The summed E-state index contributed by atoms with van der Waals surface area (Å²) >= 11 is 0. The van der Waals surface area contributed by atoms with Crippen molar-refractivity contribution in [2.24, 2.45) is 0 Å². The second kappa shape index (κ2) is 2.92. The van der Waals surface area contributed by atoms with Gasteiger partial charge in [0.1, 0.15) is 12.2 Å². The number of alkyl halides is 3. The third-order valence-electron chi connectivity index (χ3n) is 1.10. The molecule has 0 saturated heterocycles. The van der Waals surface area contributed by atoms with E-state index in [9.17, 15) is 18.0 Å². The lowest BCUT2D eigenvalue weighted by molar-refractivity contribution is -0.143. The van der Waals surface area contributed by atoms with Crippen LogP contribution in [0.1, 0.15) is 10.5 Å². The minimum absolute atomic E-state index is 0.188. The highest BCUT2D eigenvalue weighted by molar-refractivity contribution is 5.71. The van der Waals surface area contributed by atoms with Crippen molar-refractivity contribution >= 4 is 6.29 Å². The van der Waals surface area contributed by atoms with E-state index in [1.165, 1.54) is 0 Å². The van der Waals surface area contributed by atoms with Gasteiger partial charge in [0.2, 0.25) is 0 Å². The Morgan fingerprint density at radius 2 is 2.25 bits per heavy atom. The molecule has 12 heavy (non-hydrogen) atoms. The highest BCUT2D eigenvalue weighted by Crippen LogP contribution is 2.16. The molecule has 0 radical (unpaired) electrons. The predicted molar refractivity (Wildman–Crippen MR) is 31.5 cm³/mol. The normalized spacial score (nSPS) is 11.6. The standard InChI is InChI=1S/C5H4F3N3O/c6-5(7,8)3-11-4(2-12)1-9-10-11/h1-2H,3H2. The van der Waals surface area contributed by atoms with Crippen molar-refractivity contribution in [3.05, 3.63) is 11.9 Å². The fourth-order valence-corrected chi connectivity index (χ4v) is 0.650. The van der Waals surface area contributed by atoms with Crippen LogP contribution in [0.2, 0.25) is 0 Å². The lowest BCUT2D eigenvalue weighted by atomic mass is 10.5. The van der Waals surface area contributed by atoms with E-state index in [4.69, 9.17) is 0 Å². The Morgan fingerprint density at radius 3 is 2.75 bits per heavy atom. The van der Waals surface area contributed by atoms with Crippen LogP contribution < -0.4 is 0 Å². The van der Waals surface area contributed by atoms with Gasteiger partial charge < -0.3 is 0 Å². The number of carbonyl (C=O) groups is 1. The molecule has 1 aromatic heterocycles. The van der Waals surface area contributed by atoms with Gasteiger partial charge in [0, 0.05) is 0 Å². The molecular weight excluding hydrogens is 175 g/mol. The molecule has 4 nitrogen and oxygen atoms in total. The zero-order valence-corrected chi connectivity index (χ0v) is 5.75. The van der Waals surface area contributed by atoms with Crippen molar-refractivity contribution in [1.29, 1.82) is 0 Å². The second-order valence-electron chi connectivity index (χ2n) is 2.05. The molecule has 0 aliphatic rings. The number of hydrogen-bond donors (Lipinski definition) is 0. The monoisotopic (exact) mass is 179 g/mol. The molecule has 0 amide bonds. The zero-order valence-electron chi connectivity index (χ0n) is 5.75. The molecule has 0 N–H and O–H groups in total. The molecule has 0 spiro atoms. The smallest absolute Gasteiger partial charge is 0.296 e. The Balaban J connectivity index is 2.81. The molecule has 0 fully saturated rings. The summed E-state index contributed by atoms with van der Waals surface area (Å²) in [5.41, 5.74) is -0.188. The van der Waals surface area contributed by atoms with E-state index in [-0.39, 0.29) is 12.0 Å². The molecule has 1 heterocycles. The van der Waals surface area contributed by atoms with Crippen molar-refractivity contribution < 1.29 is 18.0 Å². The van der Waals surface area contributed by atoms with E-state index >= 15 is 0 Å². The largest absolute Gasteiger partial charge is 0.408 e. The number of nitrogens with zero attached hydrogens (tertiary/aromatic N) is 3. The third kappa shape index (κ3) is 2.04. The van der Waals surface area contributed by atoms with Crippen LogP contribution in [0.3, 0.4) is 0 Å². The van der Waals surface area contributed by atoms with Crippen molar-refractivity contribution in [2.75, 3.05) is 0 Å². The molecule has 0 aliphatic carbocycles. The highest BCUT2D eigenvalue weighted by Gasteiger charge is 2.29. The maximum atomic E-state index is 11.7. The average molecular weight is 179 g/mol. The highest BCUT2D eigenvalue weighted by atomic mass is 19.4. The van der Waals surface area contributed by atoms with Gasteiger partial charge in [-0.15, -0.1) is 5.10 Å². The minimum Gasteiger partial charge on any atom is -0.296 e. The molecule has 66 valence electrons. The van der Waals surface area contributed by atoms with Crippen molar-refractivity contribution in [1.82, 2.24) is 15.0 Å². The van der Waals surface area contributed by atoms with Crippen LogP contribution in [-0.4, -0.2) is 27.5 Å². The fourth-order valence-electron chi connectivity index (χ4n) is 0.650. The Labute approximate surface area is 65.0 Å². The zero-order chi connectivity index (χ0) is 9.19. The Hall–Kier alpha value is -1.40. The summed E-state index contributed by atoms with van der Waals surface area (Å²) in [4.78, 5) is 10.1. The number of rotatable bonds is 2. The van der Waals surface area contributed by atoms with Gasteiger partial charge in [0.25, 0.3) is 0 Å². The van der Waals surface area contributed by atoms with E-state index in [0.29, 0.717) is 4.68 Å². The van der Waals surface area contributed by atoms with Gasteiger partial charge in [-0.1, -0.05) is 5.21 Å². The third-order valence-corrected chi connectivity index (χ3v) is 1.10. The van der Waals surface area contributed by atoms with E-state index in [0.717, 1.165) is 6.20 Å². The van der Waals surface area contributed by atoms with Gasteiger partial charge in [0.15, 0.2) is 6.29 Å². The summed E-state index contributed by atoms with van der Waals surface area (Å²) in [6.45, 7) is -1.29. The van der Waals surface area contributed by atoms with Crippen molar-refractivity contribution in [2.45, 2.75) is 12.7 Å². The number of carbonyl (C=O) groups excluding carboxylic acids is 1. The van der Waals surface area contributed by atoms with E-state index < -0.39 is 12.7 Å². The molecule has 0 unspecified atom stereocenters. The van der Waals surface area contributed by atoms with E-state index in [1.807, 2.05) is 0 Å². The quantitative estimate of drug-likeness (QED) is 0.626. The number of halogens is 3. The molecule has 0 aliphatic heterocycles. The summed E-state index contributed by atoms with van der Waals surface area (Å²) in [5, 5.41) is 6.25. The van der Waals surface area contributed by atoms with Gasteiger partial charge in [0.05, 0.1) is 6.20 Å². The maximum Gasteiger partial charge on any atom is 0.408 e. The SMILES string of the molecule is O=Cc1cnnn1CC(F)(F)F. The summed E-state index contributed by atoms with van der Waals surface area (Å²) < 4.78 is 35.7. The molecule has 7 heteroatoms. The molecule has 1 rings (SSSR count). The molecular formula is C5H4F3N3O. The summed E-state index contributed by atoms with van der Waals surface area (Å²) in [5.74, 6) is 0.